The van der Waals surface area contributed by atoms with Crippen LogP contribution in [0.3, 0.4) is 0 Å². The van der Waals surface area contributed by atoms with Crippen LogP contribution in [-0.4, -0.2) is 29.6 Å². The van der Waals surface area contributed by atoms with E-state index in [4.69, 9.17) is 16.9 Å². The van der Waals surface area contributed by atoms with E-state index >= 15 is 0 Å². The number of rotatable bonds is 6. The van der Waals surface area contributed by atoms with Crippen molar-refractivity contribution in [3.05, 3.63) is 34.9 Å². The summed E-state index contributed by atoms with van der Waals surface area (Å²) < 4.78 is 0. The minimum Gasteiger partial charge on any atom is -0.387 e. The molecule has 0 aliphatic heterocycles. The maximum atomic E-state index is 10.1. The van der Waals surface area contributed by atoms with Gasteiger partial charge in [0.1, 0.15) is 0 Å². The first-order chi connectivity index (χ1) is 8.17. The monoisotopic (exact) mass is 252 g/mol. The summed E-state index contributed by atoms with van der Waals surface area (Å²) in [7, 11) is 0. The molecule has 1 aromatic carbocycles. The van der Waals surface area contributed by atoms with Gasteiger partial charge >= 0.3 is 0 Å². The molecule has 0 amide bonds. The van der Waals surface area contributed by atoms with Gasteiger partial charge < -0.3 is 5.11 Å². The van der Waals surface area contributed by atoms with Gasteiger partial charge in [-0.1, -0.05) is 30.7 Å². The lowest BCUT2D eigenvalue weighted by Gasteiger charge is -2.22. The molecule has 0 saturated carbocycles. The Balaban J connectivity index is 2.63. The lowest BCUT2D eigenvalue weighted by molar-refractivity contribution is 0.120. The van der Waals surface area contributed by atoms with Crippen molar-refractivity contribution in [3.8, 4) is 6.07 Å². The van der Waals surface area contributed by atoms with E-state index in [2.05, 4.69) is 13.0 Å². The second-order valence-electron chi connectivity index (χ2n) is 3.96. The summed E-state index contributed by atoms with van der Waals surface area (Å²) in [5.74, 6) is 0. The molecule has 1 atom stereocenters. The fourth-order valence-electron chi connectivity index (χ4n) is 1.71. The zero-order valence-corrected chi connectivity index (χ0v) is 10.7. The Hall–Kier alpha value is -1.08. The topological polar surface area (TPSA) is 47.3 Å². The van der Waals surface area contributed by atoms with Gasteiger partial charge in [-0.2, -0.15) is 5.26 Å². The minimum absolute atomic E-state index is 0.339. The third-order valence-corrected chi connectivity index (χ3v) is 2.73. The number of aliphatic hydroxyl groups excluding tert-OH is 1. The maximum absolute atomic E-state index is 10.1. The summed E-state index contributed by atoms with van der Waals surface area (Å²) in [4.78, 5) is 1.94. The fourth-order valence-corrected chi connectivity index (χ4v) is 1.91. The van der Waals surface area contributed by atoms with E-state index in [1.165, 1.54) is 0 Å². The summed E-state index contributed by atoms with van der Waals surface area (Å²) >= 11 is 5.87. The Morgan fingerprint density at radius 3 is 2.88 bits per heavy atom. The first kappa shape index (κ1) is 14.0. The van der Waals surface area contributed by atoms with Crippen molar-refractivity contribution in [1.29, 1.82) is 5.26 Å². The fraction of sp³-hybridized carbons (Fsp3) is 0.462. The normalized spacial score (nSPS) is 12.4. The Morgan fingerprint density at radius 1 is 1.53 bits per heavy atom. The number of aliphatic hydroxyl groups is 1. The highest BCUT2D eigenvalue weighted by Gasteiger charge is 2.12. The maximum Gasteiger partial charge on any atom is 0.0917 e. The van der Waals surface area contributed by atoms with Crippen LogP contribution in [0, 0.1) is 11.3 Å². The number of hydrogen-bond donors (Lipinski definition) is 1. The molecule has 1 rings (SSSR count). The Bertz CT molecular complexity index is 389. The lowest BCUT2D eigenvalue weighted by Crippen LogP contribution is -2.29. The van der Waals surface area contributed by atoms with Crippen molar-refractivity contribution in [2.45, 2.75) is 19.4 Å². The number of hydrogen-bond acceptors (Lipinski definition) is 3. The van der Waals surface area contributed by atoms with Crippen molar-refractivity contribution in [1.82, 2.24) is 4.90 Å². The van der Waals surface area contributed by atoms with E-state index in [-0.39, 0.29) is 0 Å². The largest absolute Gasteiger partial charge is 0.387 e. The van der Waals surface area contributed by atoms with Crippen molar-refractivity contribution in [3.63, 3.8) is 0 Å². The van der Waals surface area contributed by atoms with Gasteiger partial charge in [0.05, 0.1) is 18.7 Å². The van der Waals surface area contributed by atoms with Gasteiger partial charge in [-0.3, -0.25) is 4.90 Å². The van der Waals surface area contributed by atoms with E-state index < -0.39 is 6.10 Å². The molecule has 0 spiro atoms. The van der Waals surface area contributed by atoms with Crippen LogP contribution < -0.4 is 0 Å². The second-order valence-corrected chi connectivity index (χ2v) is 4.40. The number of nitriles is 1. The van der Waals surface area contributed by atoms with E-state index in [1.807, 2.05) is 17.0 Å². The van der Waals surface area contributed by atoms with Gasteiger partial charge in [0.15, 0.2) is 0 Å². The van der Waals surface area contributed by atoms with E-state index in [1.54, 1.807) is 12.1 Å². The van der Waals surface area contributed by atoms with Gasteiger partial charge in [0.25, 0.3) is 0 Å². The molecule has 17 heavy (non-hydrogen) atoms. The van der Waals surface area contributed by atoms with E-state index in [9.17, 15) is 5.11 Å². The molecule has 0 aliphatic carbocycles. The molecule has 0 radical (unpaired) electrons. The summed E-state index contributed by atoms with van der Waals surface area (Å²) in [6, 6.07) is 9.29. The Labute approximate surface area is 107 Å². The average molecular weight is 253 g/mol. The molecule has 0 aromatic heterocycles. The molecule has 4 heteroatoms. The molecule has 0 heterocycles. The van der Waals surface area contributed by atoms with Crippen molar-refractivity contribution < 1.29 is 5.11 Å². The van der Waals surface area contributed by atoms with Crippen LogP contribution in [0.15, 0.2) is 24.3 Å². The molecule has 0 bridgehead atoms. The molecular formula is C13H17ClN2O. The second kappa shape index (κ2) is 7.29. The summed E-state index contributed by atoms with van der Waals surface area (Å²) in [6.45, 7) is 3.66. The van der Waals surface area contributed by atoms with Crippen LogP contribution in [-0.2, 0) is 0 Å². The molecule has 0 saturated heterocycles. The summed E-state index contributed by atoms with van der Waals surface area (Å²) in [5.41, 5.74) is 0.788. The van der Waals surface area contributed by atoms with Gasteiger partial charge in [0, 0.05) is 11.6 Å². The SMILES string of the molecule is CCCN(CC#N)CC(O)c1cccc(Cl)c1. The first-order valence-corrected chi connectivity index (χ1v) is 6.08. The van der Waals surface area contributed by atoms with Gasteiger partial charge in [-0.15, -0.1) is 0 Å². The molecule has 92 valence electrons. The predicted molar refractivity (Wildman–Crippen MR) is 68.8 cm³/mol. The van der Waals surface area contributed by atoms with Crippen LogP contribution in [0.4, 0.5) is 0 Å². The average Bonchev–Trinajstić information content (AvgIpc) is 2.29. The first-order valence-electron chi connectivity index (χ1n) is 5.70. The third kappa shape index (κ3) is 4.74. The van der Waals surface area contributed by atoms with Crippen molar-refractivity contribution in [2.75, 3.05) is 19.6 Å². The van der Waals surface area contributed by atoms with Crippen LogP contribution in [0.2, 0.25) is 5.02 Å². The minimum atomic E-state index is -0.603. The van der Waals surface area contributed by atoms with Crippen LogP contribution in [0.25, 0.3) is 0 Å². The quantitative estimate of drug-likeness (QED) is 0.792. The predicted octanol–water partition coefficient (Wildman–Crippen LogP) is 2.61. The van der Waals surface area contributed by atoms with E-state index in [0.29, 0.717) is 18.1 Å². The smallest absolute Gasteiger partial charge is 0.0917 e. The Kier molecular flexibility index (Phi) is 5.99. The lowest BCUT2D eigenvalue weighted by atomic mass is 10.1. The van der Waals surface area contributed by atoms with Gasteiger partial charge in [0.2, 0.25) is 0 Å². The number of halogens is 1. The zero-order valence-electron chi connectivity index (χ0n) is 9.93. The standard InChI is InChI=1S/C13H17ClN2O/c1-2-7-16(8-6-15)10-13(17)11-4-3-5-12(14)9-11/h3-5,9,13,17H,2,7-8,10H2,1H3. The highest BCUT2D eigenvalue weighted by molar-refractivity contribution is 6.30. The molecule has 0 fully saturated rings. The summed E-state index contributed by atoms with van der Waals surface area (Å²) in [6.07, 6.45) is 0.359. The van der Waals surface area contributed by atoms with Crippen molar-refractivity contribution in [2.24, 2.45) is 0 Å². The highest BCUT2D eigenvalue weighted by Crippen LogP contribution is 2.18. The number of benzene rings is 1. The molecule has 0 aliphatic rings. The van der Waals surface area contributed by atoms with Crippen molar-refractivity contribution >= 4 is 11.6 Å². The van der Waals surface area contributed by atoms with Crippen LogP contribution >= 0.6 is 11.6 Å². The molecular weight excluding hydrogens is 236 g/mol. The van der Waals surface area contributed by atoms with E-state index in [0.717, 1.165) is 18.5 Å². The Morgan fingerprint density at radius 2 is 2.29 bits per heavy atom. The summed E-state index contributed by atoms with van der Waals surface area (Å²) in [5, 5.41) is 19.4. The molecule has 3 nitrogen and oxygen atoms in total. The third-order valence-electron chi connectivity index (χ3n) is 2.50. The molecule has 1 unspecified atom stereocenters. The number of nitrogens with zero attached hydrogens (tertiary/aromatic N) is 2. The zero-order chi connectivity index (χ0) is 12.7. The highest BCUT2D eigenvalue weighted by atomic mass is 35.5. The van der Waals surface area contributed by atoms with Crippen LogP contribution in [0.5, 0.6) is 0 Å². The molecule has 1 aromatic rings. The van der Waals surface area contributed by atoms with Gasteiger partial charge in [-0.05, 0) is 30.7 Å². The van der Waals surface area contributed by atoms with Crippen LogP contribution in [0.1, 0.15) is 25.0 Å². The van der Waals surface area contributed by atoms with Gasteiger partial charge in [-0.25, -0.2) is 0 Å². The molecule has 1 N–H and O–H groups in total.